The first-order valence-corrected chi connectivity index (χ1v) is 16.5. The van der Waals surface area contributed by atoms with E-state index in [1.807, 2.05) is 20.9 Å². The average molecular weight is 656 g/mol. The summed E-state index contributed by atoms with van der Waals surface area (Å²) in [5, 5.41) is 12.4. The van der Waals surface area contributed by atoms with Gasteiger partial charge in [0.2, 0.25) is 17.7 Å². The van der Waals surface area contributed by atoms with E-state index in [0.717, 1.165) is 0 Å². The highest BCUT2D eigenvalue weighted by molar-refractivity contribution is 6.00. The molecule has 1 aliphatic heterocycles. The highest BCUT2D eigenvalue weighted by Gasteiger charge is 2.36. The lowest BCUT2D eigenvalue weighted by atomic mass is 9.81. The Morgan fingerprint density at radius 1 is 1.09 bits per heavy atom. The Kier molecular flexibility index (Phi) is 12.3. The molecule has 4 atom stereocenters. The minimum Gasteiger partial charge on any atom is -0.344 e. The van der Waals surface area contributed by atoms with Gasteiger partial charge in [0.25, 0.3) is 5.91 Å². The second-order valence-corrected chi connectivity index (χ2v) is 12.6. The van der Waals surface area contributed by atoms with Gasteiger partial charge in [-0.2, -0.15) is 5.10 Å². The van der Waals surface area contributed by atoms with Crippen molar-refractivity contribution in [1.29, 1.82) is 0 Å². The number of aromatic nitrogens is 2. The van der Waals surface area contributed by atoms with Crippen LogP contribution in [0.25, 0.3) is 0 Å². The molecule has 0 spiro atoms. The lowest BCUT2D eigenvalue weighted by Gasteiger charge is -2.40. The predicted octanol–water partition coefficient (Wildman–Crippen LogP) is 3.98. The zero-order valence-electron chi connectivity index (χ0n) is 27.9. The Balaban J connectivity index is 1.53. The summed E-state index contributed by atoms with van der Waals surface area (Å²) in [6.45, 7) is 9.55. The first-order chi connectivity index (χ1) is 22.5. The summed E-state index contributed by atoms with van der Waals surface area (Å²) >= 11 is 0. The number of anilines is 1. The SMILES string of the molecule is CCC(=O)N[C@@H](C(=O)N1CCN(C)[C@H](C)C1)[C@@H](C)c1ccc(NC(=O)C(NC(=O)c2ccnn2CC)C2CCC(=CF)CC2)c(F)c1. The van der Waals surface area contributed by atoms with Crippen LogP contribution < -0.4 is 16.0 Å². The number of nitrogens with one attached hydrogen (secondary N) is 3. The summed E-state index contributed by atoms with van der Waals surface area (Å²) < 4.78 is 30.3. The van der Waals surface area contributed by atoms with Gasteiger partial charge in [-0.05, 0) is 81.8 Å². The molecule has 4 amide bonds. The molecule has 2 heterocycles. The van der Waals surface area contributed by atoms with Crippen molar-refractivity contribution in [2.45, 2.75) is 90.4 Å². The van der Waals surface area contributed by atoms with Crippen LogP contribution in [0.3, 0.4) is 0 Å². The quantitative estimate of drug-likeness (QED) is 0.336. The number of likely N-dealkylation sites (N-methyl/N-ethyl adjacent to an activating group) is 1. The Bertz CT molecular complexity index is 1470. The van der Waals surface area contributed by atoms with E-state index in [1.54, 1.807) is 30.9 Å². The van der Waals surface area contributed by atoms with Crippen molar-refractivity contribution in [1.82, 2.24) is 30.2 Å². The largest absolute Gasteiger partial charge is 0.344 e. The Labute approximate surface area is 275 Å². The number of benzene rings is 1. The van der Waals surface area contributed by atoms with Crippen LogP contribution in [0.5, 0.6) is 0 Å². The number of halogens is 2. The van der Waals surface area contributed by atoms with Crippen molar-refractivity contribution in [2.75, 3.05) is 32.0 Å². The lowest BCUT2D eigenvalue weighted by molar-refractivity contribution is -0.139. The number of hydrogen-bond donors (Lipinski definition) is 3. The summed E-state index contributed by atoms with van der Waals surface area (Å²) in [5.74, 6) is -3.17. The molecular formula is C34H47F2N7O4. The third-order valence-corrected chi connectivity index (χ3v) is 9.57. The molecule has 11 nitrogen and oxygen atoms in total. The van der Waals surface area contributed by atoms with Crippen LogP contribution in [0, 0.1) is 11.7 Å². The molecule has 2 fully saturated rings. The minimum absolute atomic E-state index is 0.0858. The van der Waals surface area contributed by atoms with Crippen molar-refractivity contribution < 1.29 is 28.0 Å². The molecule has 2 aromatic rings. The van der Waals surface area contributed by atoms with E-state index < -0.39 is 35.6 Å². The zero-order valence-corrected chi connectivity index (χ0v) is 27.9. The summed E-state index contributed by atoms with van der Waals surface area (Å²) in [7, 11) is 2.00. The maximum Gasteiger partial charge on any atom is 0.270 e. The van der Waals surface area contributed by atoms with Gasteiger partial charge in [-0.3, -0.25) is 23.9 Å². The van der Waals surface area contributed by atoms with E-state index in [2.05, 4.69) is 25.9 Å². The van der Waals surface area contributed by atoms with E-state index in [9.17, 15) is 23.6 Å². The standard InChI is InChI=1S/C34H47F2N7O4/c1-6-29(44)39-30(34(47)42-17-16-41(5)21(3)20-42)22(4)25-12-13-27(26(36)18-25)38-33(46)31(24-10-8-23(19-35)9-11-24)40-32(45)28-14-15-37-43(28)7-2/h12-15,18-19,21-22,24,30-31H,6-11,16-17,20H2,1-5H3,(H,38,46)(H,39,44)(H,40,45)/t21-,22+,24?,30-,31?/m1/s1. The topological polar surface area (TPSA) is 129 Å². The van der Waals surface area contributed by atoms with E-state index in [-0.39, 0.29) is 35.9 Å². The summed E-state index contributed by atoms with van der Waals surface area (Å²) in [6, 6.07) is 4.13. The predicted molar refractivity (Wildman–Crippen MR) is 175 cm³/mol. The number of piperazine rings is 1. The van der Waals surface area contributed by atoms with Crippen LogP contribution in [-0.4, -0.2) is 88.0 Å². The van der Waals surface area contributed by atoms with Gasteiger partial charge < -0.3 is 25.8 Å². The normalized spacial score (nSPS) is 20.6. The Morgan fingerprint density at radius 2 is 1.81 bits per heavy atom. The van der Waals surface area contributed by atoms with Gasteiger partial charge in [-0.25, -0.2) is 8.78 Å². The third-order valence-electron chi connectivity index (χ3n) is 9.57. The van der Waals surface area contributed by atoms with Crippen LogP contribution in [0.2, 0.25) is 0 Å². The van der Waals surface area contributed by atoms with Crippen molar-refractivity contribution in [3.63, 3.8) is 0 Å². The van der Waals surface area contributed by atoms with E-state index >= 15 is 4.39 Å². The molecule has 3 N–H and O–H groups in total. The highest BCUT2D eigenvalue weighted by atomic mass is 19.1. The van der Waals surface area contributed by atoms with Gasteiger partial charge in [-0.15, -0.1) is 0 Å². The maximum atomic E-state index is 15.6. The van der Waals surface area contributed by atoms with Crippen LogP contribution in [-0.2, 0) is 20.9 Å². The van der Waals surface area contributed by atoms with Gasteiger partial charge >= 0.3 is 0 Å². The summed E-state index contributed by atoms with van der Waals surface area (Å²) in [4.78, 5) is 56.9. The third kappa shape index (κ3) is 8.62. The Hall–Kier alpha value is -4.13. The number of allylic oxidation sites excluding steroid dienone is 1. The van der Waals surface area contributed by atoms with E-state index in [4.69, 9.17) is 0 Å². The fourth-order valence-electron chi connectivity index (χ4n) is 6.28. The monoisotopic (exact) mass is 655 g/mol. The van der Waals surface area contributed by atoms with Gasteiger partial charge in [0.05, 0.1) is 12.0 Å². The van der Waals surface area contributed by atoms with Crippen LogP contribution >= 0.6 is 0 Å². The van der Waals surface area contributed by atoms with Gasteiger partial charge in [0.1, 0.15) is 23.6 Å². The number of carbonyl (C=O) groups excluding carboxylic acids is 4. The Morgan fingerprint density at radius 3 is 2.43 bits per heavy atom. The molecular weight excluding hydrogens is 608 g/mol. The molecule has 1 aliphatic carbocycles. The molecule has 1 unspecified atom stereocenters. The van der Waals surface area contributed by atoms with Gasteiger partial charge in [0.15, 0.2) is 0 Å². The second-order valence-electron chi connectivity index (χ2n) is 12.6. The molecule has 1 aromatic heterocycles. The summed E-state index contributed by atoms with van der Waals surface area (Å²) in [6.07, 6.45) is 4.16. The zero-order chi connectivity index (χ0) is 34.2. The first-order valence-electron chi connectivity index (χ1n) is 16.5. The molecule has 2 aliphatic rings. The molecule has 1 saturated heterocycles. The second kappa shape index (κ2) is 16.1. The minimum atomic E-state index is -1.00. The molecule has 0 radical (unpaired) electrons. The smallest absolute Gasteiger partial charge is 0.270 e. The molecule has 1 aromatic carbocycles. The number of amides is 4. The average Bonchev–Trinajstić information content (AvgIpc) is 3.57. The van der Waals surface area contributed by atoms with Crippen LogP contribution in [0.1, 0.15) is 81.8 Å². The fourth-order valence-corrected chi connectivity index (χ4v) is 6.28. The molecule has 1 saturated carbocycles. The summed E-state index contributed by atoms with van der Waals surface area (Å²) in [5.41, 5.74) is 1.34. The van der Waals surface area contributed by atoms with Gasteiger partial charge in [0, 0.05) is 50.8 Å². The van der Waals surface area contributed by atoms with Crippen molar-refractivity contribution in [2.24, 2.45) is 5.92 Å². The number of rotatable bonds is 11. The molecule has 4 rings (SSSR count). The van der Waals surface area contributed by atoms with Crippen molar-refractivity contribution in [3.05, 3.63) is 59.4 Å². The molecule has 0 bridgehead atoms. The molecule has 13 heteroatoms. The maximum absolute atomic E-state index is 15.6. The highest BCUT2D eigenvalue weighted by Crippen LogP contribution is 2.32. The van der Waals surface area contributed by atoms with Crippen molar-refractivity contribution >= 4 is 29.3 Å². The van der Waals surface area contributed by atoms with Crippen LogP contribution in [0.4, 0.5) is 14.5 Å². The van der Waals surface area contributed by atoms with E-state index in [1.165, 1.54) is 23.0 Å². The number of carbonyl (C=O) groups is 4. The van der Waals surface area contributed by atoms with E-state index in [0.29, 0.717) is 75.0 Å². The van der Waals surface area contributed by atoms with Gasteiger partial charge in [-0.1, -0.05) is 19.9 Å². The first kappa shape index (κ1) is 35.7. The number of aryl methyl sites for hydroxylation is 1. The fraction of sp³-hybridized carbons (Fsp3) is 0.559. The lowest BCUT2D eigenvalue weighted by Crippen LogP contribution is -2.58. The number of nitrogens with zero attached hydrogens (tertiary/aromatic N) is 4. The number of hydrogen-bond acceptors (Lipinski definition) is 6. The van der Waals surface area contributed by atoms with Crippen molar-refractivity contribution in [3.8, 4) is 0 Å². The van der Waals surface area contributed by atoms with Crippen LogP contribution in [0.15, 0.2) is 42.4 Å². The molecule has 47 heavy (non-hydrogen) atoms. The molecule has 256 valence electrons.